The van der Waals surface area contributed by atoms with Gasteiger partial charge >= 0.3 is 0 Å². The number of aromatic nitrogens is 1. The topological polar surface area (TPSA) is 54.5 Å². The minimum absolute atomic E-state index is 0. The Morgan fingerprint density at radius 2 is 2.22 bits per heavy atom. The van der Waals surface area contributed by atoms with E-state index in [0.717, 1.165) is 36.0 Å². The third-order valence-electron chi connectivity index (χ3n) is 3.72. The summed E-state index contributed by atoms with van der Waals surface area (Å²) in [6, 6.07) is 8.04. The number of halogens is 1. The van der Waals surface area contributed by atoms with Gasteiger partial charge in [-0.15, -0.1) is 23.7 Å². The van der Waals surface area contributed by atoms with Gasteiger partial charge in [-0.2, -0.15) is 0 Å². The number of carbonyl (C=O) groups excluding carboxylic acids is 1. The van der Waals surface area contributed by atoms with E-state index >= 15 is 0 Å². The lowest BCUT2D eigenvalue weighted by Crippen LogP contribution is -2.51. The van der Waals surface area contributed by atoms with Crippen molar-refractivity contribution in [3.63, 3.8) is 0 Å². The molecule has 1 aliphatic heterocycles. The van der Waals surface area contributed by atoms with E-state index < -0.39 is 0 Å². The first-order valence-corrected chi connectivity index (χ1v) is 8.18. The van der Waals surface area contributed by atoms with Gasteiger partial charge in [0.1, 0.15) is 16.5 Å². The highest BCUT2D eigenvalue weighted by Crippen LogP contribution is 2.32. The Hall–Kier alpha value is -1.63. The summed E-state index contributed by atoms with van der Waals surface area (Å²) >= 11 is 1.47. The predicted octanol–water partition coefficient (Wildman–Crippen LogP) is 2.67. The van der Waals surface area contributed by atoms with E-state index in [2.05, 4.69) is 17.2 Å². The lowest BCUT2D eigenvalue weighted by molar-refractivity contribution is 0.0704. The fraction of sp³-hybridized carbons (Fsp3) is 0.375. The first-order chi connectivity index (χ1) is 10.7. The van der Waals surface area contributed by atoms with E-state index in [4.69, 9.17) is 4.74 Å². The summed E-state index contributed by atoms with van der Waals surface area (Å²) in [7, 11) is 1.64. The van der Waals surface area contributed by atoms with Crippen LogP contribution in [-0.2, 0) is 0 Å². The molecule has 1 saturated heterocycles. The molecule has 0 bridgehead atoms. The molecule has 2 aromatic rings. The number of thiazole rings is 1. The molecule has 124 valence electrons. The van der Waals surface area contributed by atoms with Gasteiger partial charge in [0.25, 0.3) is 5.91 Å². The second-order valence-corrected chi connectivity index (χ2v) is 6.20. The largest absolute Gasteiger partial charge is 0.496 e. The Labute approximate surface area is 146 Å². The van der Waals surface area contributed by atoms with Crippen molar-refractivity contribution in [2.24, 2.45) is 0 Å². The Morgan fingerprint density at radius 1 is 1.43 bits per heavy atom. The molecule has 1 aliphatic rings. The van der Waals surface area contributed by atoms with Crippen molar-refractivity contribution in [3.8, 4) is 16.3 Å². The summed E-state index contributed by atoms with van der Waals surface area (Å²) in [5, 5.41) is 5.98. The van der Waals surface area contributed by atoms with Crippen LogP contribution in [0.3, 0.4) is 0 Å². The molecule has 1 amide bonds. The molecule has 1 aromatic carbocycles. The molecule has 1 unspecified atom stereocenters. The number of hydrogen-bond acceptors (Lipinski definition) is 5. The number of nitrogens with one attached hydrogen (secondary N) is 1. The average Bonchev–Trinajstić information content (AvgIpc) is 3.04. The van der Waals surface area contributed by atoms with E-state index in [0.29, 0.717) is 11.7 Å². The molecular weight excluding hydrogens is 334 g/mol. The minimum Gasteiger partial charge on any atom is -0.496 e. The van der Waals surface area contributed by atoms with E-state index in [9.17, 15) is 4.79 Å². The van der Waals surface area contributed by atoms with Crippen LogP contribution in [0, 0.1) is 0 Å². The lowest BCUT2D eigenvalue weighted by atomic mass is 10.2. The summed E-state index contributed by atoms with van der Waals surface area (Å²) < 4.78 is 5.36. The zero-order chi connectivity index (χ0) is 15.5. The number of hydrogen-bond donors (Lipinski definition) is 1. The van der Waals surface area contributed by atoms with Gasteiger partial charge in [-0.05, 0) is 19.1 Å². The van der Waals surface area contributed by atoms with Crippen LogP contribution < -0.4 is 10.1 Å². The Morgan fingerprint density at radius 3 is 2.96 bits per heavy atom. The number of amides is 1. The van der Waals surface area contributed by atoms with E-state index in [1.165, 1.54) is 11.3 Å². The summed E-state index contributed by atoms with van der Waals surface area (Å²) in [6.07, 6.45) is 0. The summed E-state index contributed by atoms with van der Waals surface area (Å²) in [6.45, 7) is 4.36. The van der Waals surface area contributed by atoms with Crippen LogP contribution in [0.15, 0.2) is 29.6 Å². The van der Waals surface area contributed by atoms with Crippen molar-refractivity contribution in [2.75, 3.05) is 26.7 Å². The van der Waals surface area contributed by atoms with Gasteiger partial charge in [0.15, 0.2) is 0 Å². The Bertz CT molecular complexity index is 677. The zero-order valence-corrected chi connectivity index (χ0v) is 14.7. The highest BCUT2D eigenvalue weighted by Gasteiger charge is 2.24. The summed E-state index contributed by atoms with van der Waals surface area (Å²) in [5.41, 5.74) is 1.43. The van der Waals surface area contributed by atoms with Crippen molar-refractivity contribution in [2.45, 2.75) is 13.0 Å². The molecule has 1 aromatic heterocycles. The third-order valence-corrected chi connectivity index (χ3v) is 4.59. The predicted molar refractivity (Wildman–Crippen MR) is 94.7 cm³/mol. The van der Waals surface area contributed by atoms with Crippen molar-refractivity contribution >= 4 is 29.7 Å². The molecule has 3 rings (SSSR count). The van der Waals surface area contributed by atoms with Crippen LogP contribution in [0.5, 0.6) is 5.75 Å². The third kappa shape index (κ3) is 3.83. The molecule has 2 heterocycles. The molecule has 0 saturated carbocycles. The number of piperazine rings is 1. The second kappa shape index (κ2) is 7.77. The van der Waals surface area contributed by atoms with Gasteiger partial charge in [0, 0.05) is 31.1 Å². The lowest BCUT2D eigenvalue weighted by Gasteiger charge is -2.31. The van der Waals surface area contributed by atoms with Gasteiger partial charge in [0.05, 0.1) is 12.7 Å². The summed E-state index contributed by atoms with van der Waals surface area (Å²) in [5.74, 6) is 0.775. The van der Waals surface area contributed by atoms with E-state index in [1.807, 2.05) is 34.5 Å². The highest BCUT2D eigenvalue weighted by molar-refractivity contribution is 7.13. The van der Waals surface area contributed by atoms with E-state index in [-0.39, 0.29) is 18.3 Å². The number of methoxy groups -OCH3 is 1. The zero-order valence-electron chi connectivity index (χ0n) is 13.1. The van der Waals surface area contributed by atoms with Crippen LogP contribution in [-0.4, -0.2) is 48.6 Å². The van der Waals surface area contributed by atoms with Crippen LogP contribution in [0.4, 0.5) is 0 Å². The number of benzene rings is 1. The molecule has 7 heteroatoms. The van der Waals surface area contributed by atoms with Crippen LogP contribution in [0.1, 0.15) is 17.4 Å². The molecule has 5 nitrogen and oxygen atoms in total. The normalized spacial score (nSPS) is 17.5. The SMILES string of the molecule is COc1ccccc1-c1nc(C(=O)N2CCNC(C)C2)cs1.Cl. The van der Waals surface area contributed by atoms with Gasteiger partial charge in [-0.1, -0.05) is 12.1 Å². The maximum atomic E-state index is 12.6. The average molecular weight is 354 g/mol. The van der Waals surface area contributed by atoms with E-state index in [1.54, 1.807) is 7.11 Å². The van der Waals surface area contributed by atoms with Gasteiger partial charge in [-0.25, -0.2) is 4.98 Å². The first kappa shape index (κ1) is 17.7. The van der Waals surface area contributed by atoms with Crippen LogP contribution >= 0.6 is 23.7 Å². The molecule has 0 radical (unpaired) electrons. The second-order valence-electron chi connectivity index (χ2n) is 5.34. The molecule has 0 spiro atoms. The molecule has 23 heavy (non-hydrogen) atoms. The maximum absolute atomic E-state index is 12.6. The molecule has 0 aliphatic carbocycles. The van der Waals surface area contributed by atoms with Crippen LogP contribution in [0.2, 0.25) is 0 Å². The molecule has 1 fully saturated rings. The van der Waals surface area contributed by atoms with Crippen molar-refractivity contribution in [1.82, 2.24) is 15.2 Å². The van der Waals surface area contributed by atoms with Crippen molar-refractivity contribution in [3.05, 3.63) is 35.3 Å². The Balaban J connectivity index is 0.00000192. The molecule has 1 atom stereocenters. The van der Waals surface area contributed by atoms with Crippen molar-refractivity contribution < 1.29 is 9.53 Å². The van der Waals surface area contributed by atoms with Crippen LogP contribution in [0.25, 0.3) is 10.6 Å². The van der Waals surface area contributed by atoms with Gasteiger partial charge in [-0.3, -0.25) is 4.79 Å². The summed E-state index contributed by atoms with van der Waals surface area (Å²) in [4.78, 5) is 18.9. The standard InChI is InChI=1S/C16H19N3O2S.ClH/c1-11-9-19(8-7-17-11)16(20)13-10-22-15(18-13)12-5-3-4-6-14(12)21-2;/h3-6,10-11,17H,7-9H2,1-2H3;1H. The molecular formula is C16H20ClN3O2S. The first-order valence-electron chi connectivity index (χ1n) is 7.30. The maximum Gasteiger partial charge on any atom is 0.273 e. The highest BCUT2D eigenvalue weighted by atomic mass is 35.5. The number of rotatable bonds is 3. The van der Waals surface area contributed by atoms with Gasteiger partial charge in [0.2, 0.25) is 0 Å². The van der Waals surface area contributed by atoms with Gasteiger partial charge < -0.3 is 15.0 Å². The number of para-hydroxylation sites is 1. The number of carbonyl (C=O) groups is 1. The monoisotopic (exact) mass is 353 g/mol. The number of ether oxygens (including phenoxy) is 1. The fourth-order valence-corrected chi connectivity index (χ4v) is 3.42. The number of nitrogens with zero attached hydrogens (tertiary/aromatic N) is 2. The minimum atomic E-state index is 0. The Kier molecular flexibility index (Phi) is 5.98. The molecule has 1 N–H and O–H groups in total. The quantitative estimate of drug-likeness (QED) is 0.921. The van der Waals surface area contributed by atoms with Crippen molar-refractivity contribution in [1.29, 1.82) is 0 Å². The fourth-order valence-electron chi connectivity index (χ4n) is 2.60. The smallest absolute Gasteiger partial charge is 0.273 e.